The molecule has 0 radical (unpaired) electrons. The maximum absolute atomic E-state index is 15.7. The lowest BCUT2D eigenvalue weighted by atomic mass is 9.67. The third-order valence-corrected chi connectivity index (χ3v) is 8.15. The van der Waals surface area contributed by atoms with Crippen LogP contribution in [0.15, 0.2) is 30.5 Å². The minimum Gasteiger partial charge on any atom is -0.372 e. The summed E-state index contributed by atoms with van der Waals surface area (Å²) in [6.07, 6.45) is 5.65. The van der Waals surface area contributed by atoms with Gasteiger partial charge in [-0.2, -0.15) is 14.3 Å². The van der Waals surface area contributed by atoms with Crippen LogP contribution in [0.2, 0.25) is 0 Å². The first-order chi connectivity index (χ1) is 15.6. The van der Waals surface area contributed by atoms with Crippen LogP contribution < -0.4 is 5.32 Å². The zero-order chi connectivity index (χ0) is 23.3. The van der Waals surface area contributed by atoms with Gasteiger partial charge in [-0.25, -0.2) is 12.8 Å². The molecule has 1 N–H and O–H groups in total. The second kappa shape index (κ2) is 6.44. The number of nitrogens with one attached hydrogen (secondary N) is 1. The highest BCUT2D eigenvalue weighted by atomic mass is 32.2. The second-order valence-corrected chi connectivity index (χ2v) is 11.1. The number of hydrogen-bond acceptors (Lipinski definition) is 5. The van der Waals surface area contributed by atoms with Gasteiger partial charge in [0.1, 0.15) is 5.82 Å². The summed E-state index contributed by atoms with van der Waals surface area (Å²) in [7, 11) is -1.65. The summed E-state index contributed by atoms with van der Waals surface area (Å²) >= 11 is 0. The lowest BCUT2D eigenvalue weighted by Crippen LogP contribution is -2.45. The van der Waals surface area contributed by atoms with E-state index >= 15 is 4.39 Å². The van der Waals surface area contributed by atoms with E-state index in [9.17, 15) is 8.42 Å². The molecule has 6 rings (SSSR count). The predicted octanol–water partition coefficient (Wildman–Crippen LogP) is 4.47. The standard InChI is InChI=1S/C24H24FN5O2S/c1-13-16(15-7-5-8-19-17(15)12-26-30(19)33(4,31)32)11-18(25)22-20(13)23-21(14(2)28-29(23)3)24(27-22)9-6-10-24/h5,7-8,11-12,27H,6,9-10H2,1-4H3. The zero-order valence-corrected chi connectivity index (χ0v) is 19.7. The summed E-state index contributed by atoms with van der Waals surface area (Å²) in [6, 6.07) is 6.92. The van der Waals surface area contributed by atoms with Crippen molar-refractivity contribution in [1.82, 2.24) is 19.0 Å². The largest absolute Gasteiger partial charge is 0.372 e. The summed E-state index contributed by atoms with van der Waals surface area (Å²) in [4.78, 5) is 0. The molecule has 0 atom stereocenters. The Hall–Kier alpha value is -3.20. The van der Waals surface area contributed by atoms with Gasteiger partial charge in [0.2, 0.25) is 0 Å². The molecule has 33 heavy (non-hydrogen) atoms. The first-order valence-electron chi connectivity index (χ1n) is 11.0. The van der Waals surface area contributed by atoms with Crippen molar-refractivity contribution in [2.75, 3.05) is 11.6 Å². The van der Waals surface area contributed by atoms with E-state index in [4.69, 9.17) is 5.10 Å². The molecular formula is C24H24FN5O2S. The number of halogens is 1. The average molecular weight is 466 g/mol. The number of hydrogen-bond donors (Lipinski definition) is 1. The minimum absolute atomic E-state index is 0.258. The Morgan fingerprint density at radius 3 is 2.61 bits per heavy atom. The molecule has 4 aromatic rings. The molecule has 1 aliphatic carbocycles. The van der Waals surface area contributed by atoms with Gasteiger partial charge in [0.15, 0.2) is 0 Å². The van der Waals surface area contributed by atoms with E-state index in [1.165, 1.54) is 6.20 Å². The number of benzene rings is 2. The Bertz CT molecular complexity index is 1600. The fourth-order valence-corrected chi connectivity index (χ4v) is 6.43. The van der Waals surface area contributed by atoms with Gasteiger partial charge in [-0.1, -0.05) is 12.1 Å². The van der Waals surface area contributed by atoms with Crippen LogP contribution in [-0.4, -0.2) is 33.6 Å². The van der Waals surface area contributed by atoms with Crippen LogP contribution in [0.5, 0.6) is 0 Å². The van der Waals surface area contributed by atoms with Gasteiger partial charge in [0.25, 0.3) is 10.0 Å². The van der Waals surface area contributed by atoms with Crippen LogP contribution in [0.4, 0.5) is 10.1 Å². The number of aromatic nitrogens is 4. The van der Waals surface area contributed by atoms with E-state index in [-0.39, 0.29) is 11.4 Å². The van der Waals surface area contributed by atoms with Crippen LogP contribution >= 0.6 is 0 Å². The van der Waals surface area contributed by atoms with Gasteiger partial charge < -0.3 is 5.32 Å². The molecule has 2 aromatic heterocycles. The van der Waals surface area contributed by atoms with Crippen molar-refractivity contribution in [2.24, 2.45) is 7.05 Å². The molecule has 2 aliphatic rings. The van der Waals surface area contributed by atoms with E-state index in [0.29, 0.717) is 22.2 Å². The smallest absolute Gasteiger partial charge is 0.251 e. The SMILES string of the molecule is Cc1nn(C)c2c1C1(CCC1)Nc1c(F)cc(-c3cccc4c3cnn4S(C)(=O)=O)c(C)c1-2. The van der Waals surface area contributed by atoms with E-state index in [1.807, 2.05) is 31.6 Å². The topological polar surface area (TPSA) is 81.8 Å². The van der Waals surface area contributed by atoms with Gasteiger partial charge in [0.05, 0.1) is 40.6 Å². The average Bonchev–Trinajstić information content (AvgIpc) is 3.30. The molecule has 9 heteroatoms. The lowest BCUT2D eigenvalue weighted by molar-refractivity contribution is 0.280. The molecule has 170 valence electrons. The quantitative estimate of drug-likeness (QED) is 0.472. The lowest BCUT2D eigenvalue weighted by Gasteiger charge is -2.47. The van der Waals surface area contributed by atoms with E-state index in [1.54, 1.807) is 18.2 Å². The minimum atomic E-state index is -3.56. The molecule has 1 saturated carbocycles. The molecular weight excluding hydrogens is 441 g/mol. The number of nitrogens with zero attached hydrogens (tertiary/aromatic N) is 4. The third kappa shape index (κ3) is 2.62. The molecule has 0 unspecified atom stereocenters. The van der Waals surface area contributed by atoms with Crippen molar-refractivity contribution >= 4 is 26.6 Å². The molecule has 0 saturated heterocycles. The van der Waals surface area contributed by atoms with Crippen LogP contribution in [-0.2, 0) is 22.6 Å². The first-order valence-corrected chi connectivity index (χ1v) is 12.8. The number of rotatable bonds is 2. The Kier molecular flexibility index (Phi) is 3.98. The summed E-state index contributed by atoms with van der Waals surface area (Å²) in [5, 5.41) is 13.0. The fraction of sp³-hybridized carbons (Fsp3) is 0.333. The molecule has 2 aromatic carbocycles. The normalized spacial score (nSPS) is 16.4. The highest BCUT2D eigenvalue weighted by molar-refractivity contribution is 7.89. The molecule has 3 heterocycles. The number of fused-ring (bicyclic) bond motifs is 5. The van der Waals surface area contributed by atoms with Gasteiger partial charge in [0, 0.05) is 23.6 Å². The van der Waals surface area contributed by atoms with E-state index < -0.39 is 10.0 Å². The van der Waals surface area contributed by atoms with E-state index in [0.717, 1.165) is 63.2 Å². The van der Waals surface area contributed by atoms with Gasteiger partial charge >= 0.3 is 0 Å². The highest BCUT2D eigenvalue weighted by Gasteiger charge is 2.47. The van der Waals surface area contributed by atoms with Crippen molar-refractivity contribution < 1.29 is 12.8 Å². The van der Waals surface area contributed by atoms with Crippen molar-refractivity contribution in [3.63, 3.8) is 0 Å². The maximum Gasteiger partial charge on any atom is 0.251 e. The zero-order valence-electron chi connectivity index (χ0n) is 18.9. The van der Waals surface area contributed by atoms with Crippen LogP contribution in [0.3, 0.4) is 0 Å². The third-order valence-electron chi connectivity index (χ3n) is 7.23. The van der Waals surface area contributed by atoms with Crippen LogP contribution in [0.25, 0.3) is 33.3 Å². The monoisotopic (exact) mass is 465 g/mol. The molecule has 1 spiro atoms. The molecule has 0 bridgehead atoms. The predicted molar refractivity (Wildman–Crippen MR) is 126 cm³/mol. The first kappa shape index (κ1) is 20.4. The summed E-state index contributed by atoms with van der Waals surface area (Å²) in [6.45, 7) is 4.00. The van der Waals surface area contributed by atoms with Gasteiger partial charge in [-0.3, -0.25) is 4.68 Å². The number of aryl methyl sites for hydroxylation is 2. The summed E-state index contributed by atoms with van der Waals surface area (Å²) in [5.74, 6) is -0.325. The molecule has 1 aliphatic heterocycles. The van der Waals surface area contributed by atoms with Crippen LogP contribution in [0.1, 0.15) is 36.1 Å². The molecule has 1 fully saturated rings. The Morgan fingerprint density at radius 2 is 1.94 bits per heavy atom. The Morgan fingerprint density at radius 1 is 1.18 bits per heavy atom. The van der Waals surface area contributed by atoms with Gasteiger partial charge in [-0.15, -0.1) is 0 Å². The maximum atomic E-state index is 15.7. The van der Waals surface area contributed by atoms with Crippen LogP contribution in [0, 0.1) is 19.7 Å². The fourth-order valence-electron chi connectivity index (χ4n) is 5.70. The van der Waals surface area contributed by atoms with Crippen molar-refractivity contribution in [3.05, 3.63) is 53.1 Å². The second-order valence-electron chi connectivity index (χ2n) is 9.26. The summed E-state index contributed by atoms with van der Waals surface area (Å²) < 4.78 is 42.9. The van der Waals surface area contributed by atoms with Crippen molar-refractivity contribution in [3.8, 4) is 22.4 Å². The number of anilines is 1. The summed E-state index contributed by atoms with van der Waals surface area (Å²) in [5.41, 5.74) is 6.99. The Labute approximate surface area is 191 Å². The van der Waals surface area contributed by atoms with Crippen molar-refractivity contribution in [2.45, 2.75) is 38.6 Å². The molecule has 7 nitrogen and oxygen atoms in total. The molecule has 0 amide bonds. The van der Waals surface area contributed by atoms with Gasteiger partial charge in [-0.05, 0) is 61.9 Å². The Balaban J connectivity index is 1.65. The van der Waals surface area contributed by atoms with Crippen molar-refractivity contribution in [1.29, 1.82) is 0 Å². The van der Waals surface area contributed by atoms with E-state index in [2.05, 4.69) is 10.4 Å². The highest BCUT2D eigenvalue weighted by Crippen LogP contribution is 2.56.